The third-order valence-electron chi connectivity index (χ3n) is 3.70. The smallest absolute Gasteiger partial charge is 0.387 e. The predicted octanol–water partition coefficient (Wildman–Crippen LogP) is -0.908. The van der Waals surface area contributed by atoms with Crippen LogP contribution in [0.1, 0.15) is 6.23 Å². The van der Waals surface area contributed by atoms with Crippen molar-refractivity contribution >= 4 is 8.03 Å². The molecule has 22 heavy (non-hydrogen) atoms. The van der Waals surface area contributed by atoms with Crippen LogP contribution in [0.15, 0.2) is 15.8 Å². The van der Waals surface area contributed by atoms with Crippen LogP contribution >= 0.6 is 8.03 Å². The zero-order valence-corrected chi connectivity index (χ0v) is 12.3. The number of hydrogen-bond donors (Lipinski definition) is 2. The fraction of sp³-hybridized carbons (Fsp3) is 0.636. The molecule has 11 heteroatoms. The van der Waals surface area contributed by atoms with E-state index in [1.54, 1.807) is 4.98 Å². The molecule has 0 spiro atoms. The number of aliphatic hydroxyl groups excluding tert-OH is 1. The van der Waals surface area contributed by atoms with Crippen LogP contribution in [0, 0.1) is 5.82 Å². The fourth-order valence-electron chi connectivity index (χ4n) is 2.59. The van der Waals surface area contributed by atoms with Gasteiger partial charge in [0.1, 0.15) is 18.8 Å². The maximum Gasteiger partial charge on any atom is 0.504 e. The van der Waals surface area contributed by atoms with Gasteiger partial charge in [0.15, 0.2) is 18.5 Å². The van der Waals surface area contributed by atoms with Gasteiger partial charge in [-0.15, -0.1) is 4.52 Å². The average molecular weight is 335 g/mol. The lowest BCUT2D eigenvalue weighted by atomic mass is 10.0. The molecule has 2 fully saturated rings. The number of ether oxygens (including phenoxy) is 2. The molecule has 5 atom stereocenters. The van der Waals surface area contributed by atoms with Crippen LogP contribution in [-0.2, 0) is 18.6 Å². The topological polar surface area (TPSA) is 120 Å². The van der Waals surface area contributed by atoms with Crippen molar-refractivity contribution in [3.63, 3.8) is 0 Å². The molecule has 0 aliphatic carbocycles. The van der Waals surface area contributed by atoms with Gasteiger partial charge in [-0.25, -0.2) is 4.79 Å². The molecule has 0 radical (unpaired) electrons. The number of hydrogen-bond acceptors (Lipinski definition) is 7. The Bertz CT molecular complexity index is 734. The zero-order chi connectivity index (χ0) is 16.1. The van der Waals surface area contributed by atoms with Crippen molar-refractivity contribution in [2.24, 2.45) is 0 Å². The van der Waals surface area contributed by atoms with Gasteiger partial charge in [-0.3, -0.25) is 14.3 Å². The van der Waals surface area contributed by atoms with Crippen molar-refractivity contribution in [2.45, 2.75) is 24.0 Å². The number of H-pyrrole nitrogens is 1. The Morgan fingerprint density at radius 3 is 3.05 bits per heavy atom. The summed E-state index contributed by atoms with van der Waals surface area (Å²) in [4.78, 5) is 24.6. The van der Waals surface area contributed by atoms with E-state index < -0.39 is 49.1 Å². The van der Waals surface area contributed by atoms with Crippen LogP contribution in [0.25, 0.3) is 0 Å². The summed E-state index contributed by atoms with van der Waals surface area (Å²) in [6.07, 6.45) is -2.51. The van der Waals surface area contributed by atoms with Crippen LogP contribution in [0.5, 0.6) is 0 Å². The van der Waals surface area contributed by atoms with Crippen molar-refractivity contribution in [2.75, 3.05) is 19.9 Å². The molecule has 2 saturated heterocycles. The molecule has 0 aromatic carbocycles. The summed E-state index contributed by atoms with van der Waals surface area (Å²) in [5.74, 6) is -1.16. The van der Waals surface area contributed by atoms with Crippen LogP contribution < -0.4 is 11.2 Å². The molecular formula is C11H13FN2O7P+. The highest BCUT2D eigenvalue weighted by Gasteiger charge is 2.63. The molecule has 0 amide bonds. The molecule has 1 unspecified atom stereocenters. The number of halogens is 1. The summed E-state index contributed by atoms with van der Waals surface area (Å²) in [5, 5.41) is 10.2. The number of rotatable bonds is 4. The lowest BCUT2D eigenvalue weighted by Crippen LogP contribution is -2.45. The van der Waals surface area contributed by atoms with Crippen molar-refractivity contribution in [3.05, 3.63) is 32.9 Å². The molecule has 0 saturated carbocycles. The number of fused-ring (bicyclic) bond motifs is 2. The minimum Gasteiger partial charge on any atom is -0.387 e. The van der Waals surface area contributed by atoms with Gasteiger partial charge < -0.3 is 14.6 Å². The van der Waals surface area contributed by atoms with Gasteiger partial charge in [-0.2, -0.15) is 4.39 Å². The Kier molecular flexibility index (Phi) is 3.74. The highest BCUT2D eigenvalue weighted by Crippen LogP contribution is 2.45. The number of aromatic nitrogens is 2. The van der Waals surface area contributed by atoms with Gasteiger partial charge in [0.05, 0.1) is 12.8 Å². The lowest BCUT2D eigenvalue weighted by molar-refractivity contribution is -0.184. The summed E-state index contributed by atoms with van der Waals surface area (Å²) in [6.45, 7) is 1.13. The molecule has 3 heterocycles. The normalized spacial score (nSPS) is 34.1. The Morgan fingerprint density at radius 1 is 1.64 bits per heavy atom. The van der Waals surface area contributed by atoms with Crippen LogP contribution in [0.3, 0.4) is 0 Å². The van der Waals surface area contributed by atoms with Crippen LogP contribution in [-0.4, -0.2) is 52.3 Å². The van der Waals surface area contributed by atoms with Gasteiger partial charge in [0.25, 0.3) is 5.56 Å². The van der Waals surface area contributed by atoms with E-state index in [1.807, 2.05) is 0 Å². The Morgan fingerprint density at radius 2 is 2.36 bits per heavy atom. The summed E-state index contributed by atoms with van der Waals surface area (Å²) < 4.78 is 41.2. The molecule has 2 aliphatic rings. The van der Waals surface area contributed by atoms with Gasteiger partial charge in [0.2, 0.25) is 5.82 Å². The van der Waals surface area contributed by atoms with Crippen molar-refractivity contribution in [1.82, 2.24) is 9.55 Å². The maximum atomic E-state index is 13.4. The van der Waals surface area contributed by atoms with E-state index in [2.05, 4.69) is 0 Å². The predicted molar refractivity (Wildman–Crippen MR) is 69.4 cm³/mol. The summed E-state index contributed by atoms with van der Waals surface area (Å²) >= 11 is 0. The first kappa shape index (κ1) is 15.4. The molecule has 3 rings (SSSR count). The lowest BCUT2D eigenvalue weighted by Gasteiger charge is -2.29. The molecule has 9 nitrogen and oxygen atoms in total. The molecule has 120 valence electrons. The average Bonchev–Trinajstić information content (AvgIpc) is 2.91. The maximum absolute atomic E-state index is 13.4. The molecular weight excluding hydrogens is 322 g/mol. The van der Waals surface area contributed by atoms with Crippen molar-refractivity contribution in [3.8, 4) is 0 Å². The molecule has 2 N–H and O–H groups in total. The number of nitrogens with one attached hydrogen (secondary N) is 1. The molecule has 2 bridgehead atoms. The number of aliphatic hydroxyl groups is 1. The van der Waals surface area contributed by atoms with Gasteiger partial charge in [0, 0.05) is 0 Å². The summed E-state index contributed by atoms with van der Waals surface area (Å²) in [7, 11) is -1.91. The number of aromatic amines is 1. The first-order valence-corrected chi connectivity index (χ1v) is 7.99. The number of nitrogens with zero attached hydrogens (tertiary/aromatic N) is 1. The van der Waals surface area contributed by atoms with E-state index in [1.165, 1.54) is 6.66 Å². The van der Waals surface area contributed by atoms with E-state index in [9.17, 15) is 23.7 Å². The zero-order valence-electron chi connectivity index (χ0n) is 11.4. The standard InChI is InChI=1S/C11H12FN2O7P/c1-22(18)20-4-11-3-19-6(7(11)15)9(21-11)14-2-5(12)8(16)13-10(14)17/h2,6-7,9,15H,3-4H2,1H3/p+1/t6-,7+,9-,11-/m1/s1. The summed E-state index contributed by atoms with van der Waals surface area (Å²) in [5.41, 5.74) is -3.33. The van der Waals surface area contributed by atoms with Gasteiger partial charge >= 0.3 is 13.7 Å². The Balaban J connectivity index is 1.92. The van der Waals surface area contributed by atoms with E-state index in [0.29, 0.717) is 6.20 Å². The second kappa shape index (κ2) is 5.32. The fourth-order valence-corrected chi connectivity index (χ4v) is 2.99. The Hall–Kier alpha value is -1.45. The van der Waals surface area contributed by atoms with Crippen molar-refractivity contribution < 1.29 is 28.1 Å². The molecule has 1 aromatic rings. The monoisotopic (exact) mass is 335 g/mol. The highest BCUT2D eigenvalue weighted by atomic mass is 31.1. The van der Waals surface area contributed by atoms with Crippen LogP contribution in [0.4, 0.5) is 4.39 Å². The quantitative estimate of drug-likeness (QED) is 0.684. The van der Waals surface area contributed by atoms with E-state index >= 15 is 0 Å². The second-order valence-corrected chi connectivity index (χ2v) is 6.29. The second-order valence-electron chi connectivity index (χ2n) is 5.15. The van der Waals surface area contributed by atoms with E-state index in [0.717, 1.165) is 4.57 Å². The molecule has 2 aliphatic heterocycles. The Labute approximate surface area is 123 Å². The van der Waals surface area contributed by atoms with E-state index in [4.69, 9.17) is 14.0 Å². The van der Waals surface area contributed by atoms with E-state index in [-0.39, 0.29) is 13.2 Å². The third kappa shape index (κ3) is 2.33. The third-order valence-corrected chi connectivity index (χ3v) is 4.19. The highest BCUT2D eigenvalue weighted by molar-refractivity contribution is 7.38. The minimum atomic E-state index is -1.91. The first-order chi connectivity index (χ1) is 10.3. The van der Waals surface area contributed by atoms with Crippen molar-refractivity contribution in [1.29, 1.82) is 0 Å². The molecule has 1 aromatic heterocycles. The van der Waals surface area contributed by atoms with Gasteiger partial charge in [-0.1, -0.05) is 0 Å². The minimum absolute atomic E-state index is 0.0148. The summed E-state index contributed by atoms with van der Waals surface area (Å²) in [6, 6.07) is 0. The van der Waals surface area contributed by atoms with Gasteiger partial charge in [-0.05, 0) is 4.57 Å². The first-order valence-electron chi connectivity index (χ1n) is 6.36. The van der Waals surface area contributed by atoms with Crippen LogP contribution in [0.2, 0.25) is 0 Å². The largest absolute Gasteiger partial charge is 0.504 e. The SMILES string of the molecule is C[P+](=O)OC[C@@]12CO[C@@H]([C@H](n3cc(F)c(=O)[nH]c3=O)O1)[C@@H]2O.